The lowest BCUT2D eigenvalue weighted by atomic mass is 10.3. The van der Waals surface area contributed by atoms with Crippen molar-refractivity contribution < 1.29 is 9.53 Å². The van der Waals surface area contributed by atoms with Crippen LogP contribution in [0.25, 0.3) is 0 Å². The fraction of sp³-hybridized carbons (Fsp3) is 0.214. The highest BCUT2D eigenvalue weighted by atomic mass is 16.5. The highest BCUT2D eigenvalue weighted by Crippen LogP contribution is 2.13. The summed E-state index contributed by atoms with van der Waals surface area (Å²) in [4.78, 5) is 19.8. The summed E-state index contributed by atoms with van der Waals surface area (Å²) >= 11 is 0. The smallest absolute Gasteiger partial charge is 0.258 e. The lowest BCUT2D eigenvalue weighted by molar-refractivity contribution is -0.123. The molecular weight excluding hydrogens is 256 g/mol. The van der Waals surface area contributed by atoms with Crippen LogP contribution in [0.15, 0.2) is 36.5 Å². The maximum atomic E-state index is 11.6. The molecule has 0 aliphatic carbocycles. The summed E-state index contributed by atoms with van der Waals surface area (Å²) in [6.07, 6.45) is 1.66. The van der Waals surface area contributed by atoms with Crippen LogP contribution in [0.5, 0.6) is 5.75 Å². The van der Waals surface area contributed by atoms with E-state index in [0.717, 1.165) is 5.69 Å². The van der Waals surface area contributed by atoms with E-state index >= 15 is 0 Å². The van der Waals surface area contributed by atoms with E-state index in [0.29, 0.717) is 23.8 Å². The maximum absolute atomic E-state index is 11.6. The third kappa shape index (κ3) is 4.24. The maximum Gasteiger partial charge on any atom is 0.258 e. The Morgan fingerprint density at radius 2 is 2.25 bits per heavy atom. The Balaban J connectivity index is 1.78. The molecule has 6 nitrogen and oxygen atoms in total. The van der Waals surface area contributed by atoms with Gasteiger partial charge in [-0.15, -0.1) is 0 Å². The van der Waals surface area contributed by atoms with E-state index in [2.05, 4.69) is 15.3 Å². The second-order valence-corrected chi connectivity index (χ2v) is 4.23. The predicted molar refractivity (Wildman–Crippen MR) is 75.0 cm³/mol. The molecule has 0 atom stereocenters. The van der Waals surface area contributed by atoms with Crippen molar-refractivity contribution >= 4 is 11.6 Å². The van der Waals surface area contributed by atoms with Crippen molar-refractivity contribution in [2.24, 2.45) is 0 Å². The van der Waals surface area contributed by atoms with Gasteiger partial charge in [-0.25, -0.2) is 9.97 Å². The summed E-state index contributed by atoms with van der Waals surface area (Å²) in [6.45, 7) is 2.09. The monoisotopic (exact) mass is 272 g/mol. The SMILES string of the molecule is Cc1nccc(CNC(=O)COc2cccc(N)c2)n1. The van der Waals surface area contributed by atoms with Crippen LogP contribution in [0.4, 0.5) is 5.69 Å². The zero-order valence-electron chi connectivity index (χ0n) is 11.2. The topological polar surface area (TPSA) is 90.1 Å². The van der Waals surface area contributed by atoms with Gasteiger partial charge in [0, 0.05) is 18.0 Å². The Morgan fingerprint density at radius 3 is 3.00 bits per heavy atom. The second kappa shape index (κ2) is 6.51. The third-order valence-electron chi connectivity index (χ3n) is 2.53. The molecule has 1 heterocycles. The van der Waals surface area contributed by atoms with Gasteiger partial charge in [0.1, 0.15) is 11.6 Å². The normalized spacial score (nSPS) is 10.1. The highest BCUT2D eigenvalue weighted by molar-refractivity contribution is 5.77. The number of hydrogen-bond acceptors (Lipinski definition) is 5. The summed E-state index contributed by atoms with van der Waals surface area (Å²) in [5, 5.41) is 2.73. The molecule has 1 aromatic heterocycles. The standard InChI is InChI=1S/C14H16N4O2/c1-10-16-6-5-12(18-10)8-17-14(19)9-20-13-4-2-3-11(15)7-13/h2-7H,8-9,15H2,1H3,(H,17,19). The lowest BCUT2D eigenvalue weighted by Gasteiger charge is -2.07. The van der Waals surface area contributed by atoms with Crippen LogP contribution < -0.4 is 15.8 Å². The number of ether oxygens (including phenoxy) is 1. The Bertz CT molecular complexity index is 550. The zero-order valence-corrected chi connectivity index (χ0v) is 11.2. The number of nitrogens with two attached hydrogens (primary N) is 1. The first kappa shape index (κ1) is 13.8. The van der Waals surface area contributed by atoms with Crippen LogP contribution in [0, 0.1) is 6.92 Å². The van der Waals surface area contributed by atoms with Gasteiger partial charge in [-0.2, -0.15) is 0 Å². The molecule has 2 rings (SSSR count). The summed E-state index contributed by atoms with van der Waals surface area (Å²) in [5.74, 6) is 1.02. The molecule has 1 amide bonds. The van der Waals surface area contributed by atoms with Gasteiger partial charge in [0.15, 0.2) is 6.61 Å². The van der Waals surface area contributed by atoms with E-state index in [1.54, 1.807) is 43.5 Å². The molecule has 0 radical (unpaired) electrons. The molecule has 0 saturated heterocycles. The number of aromatic nitrogens is 2. The fourth-order valence-corrected chi connectivity index (χ4v) is 1.60. The summed E-state index contributed by atoms with van der Waals surface area (Å²) in [7, 11) is 0. The van der Waals surface area contributed by atoms with Gasteiger partial charge in [0.2, 0.25) is 0 Å². The van der Waals surface area contributed by atoms with Crippen LogP contribution >= 0.6 is 0 Å². The third-order valence-corrected chi connectivity index (χ3v) is 2.53. The number of rotatable bonds is 5. The van der Waals surface area contributed by atoms with Crippen LogP contribution in [0.1, 0.15) is 11.5 Å². The largest absolute Gasteiger partial charge is 0.484 e. The summed E-state index contributed by atoms with van der Waals surface area (Å²) in [6, 6.07) is 8.70. The quantitative estimate of drug-likeness (QED) is 0.794. The zero-order chi connectivity index (χ0) is 14.4. The van der Waals surface area contributed by atoms with Gasteiger partial charge >= 0.3 is 0 Å². The van der Waals surface area contributed by atoms with E-state index < -0.39 is 0 Å². The van der Waals surface area contributed by atoms with Crippen LogP contribution in [-0.4, -0.2) is 22.5 Å². The molecule has 0 fully saturated rings. The van der Waals surface area contributed by atoms with Crippen molar-refractivity contribution in [1.82, 2.24) is 15.3 Å². The lowest BCUT2D eigenvalue weighted by Crippen LogP contribution is -2.28. The minimum absolute atomic E-state index is 0.0620. The molecule has 1 aromatic carbocycles. The van der Waals surface area contributed by atoms with Gasteiger partial charge in [-0.1, -0.05) is 6.07 Å². The van der Waals surface area contributed by atoms with E-state index in [-0.39, 0.29) is 12.5 Å². The number of nitrogen functional groups attached to an aromatic ring is 1. The van der Waals surface area contributed by atoms with Gasteiger partial charge < -0.3 is 15.8 Å². The van der Waals surface area contributed by atoms with E-state index in [4.69, 9.17) is 10.5 Å². The van der Waals surface area contributed by atoms with Crippen LogP contribution in [-0.2, 0) is 11.3 Å². The average Bonchev–Trinajstić information content (AvgIpc) is 2.43. The van der Waals surface area contributed by atoms with Crippen molar-refractivity contribution in [1.29, 1.82) is 0 Å². The molecule has 0 saturated carbocycles. The van der Waals surface area contributed by atoms with Crippen molar-refractivity contribution in [3.8, 4) is 5.75 Å². The average molecular weight is 272 g/mol. The van der Waals surface area contributed by atoms with Crippen molar-refractivity contribution in [3.05, 3.63) is 48.0 Å². The van der Waals surface area contributed by atoms with Crippen molar-refractivity contribution in [3.63, 3.8) is 0 Å². The number of nitrogens with zero attached hydrogens (tertiary/aromatic N) is 2. The number of benzene rings is 1. The van der Waals surface area contributed by atoms with E-state index in [9.17, 15) is 4.79 Å². The predicted octanol–water partition coefficient (Wildman–Crippen LogP) is 1.06. The molecule has 0 spiro atoms. The highest BCUT2D eigenvalue weighted by Gasteiger charge is 2.04. The number of nitrogens with one attached hydrogen (secondary N) is 1. The fourth-order valence-electron chi connectivity index (χ4n) is 1.60. The number of carbonyl (C=O) groups excluding carboxylic acids is 1. The van der Waals surface area contributed by atoms with Gasteiger partial charge in [-0.05, 0) is 25.1 Å². The number of carbonyl (C=O) groups is 1. The number of amides is 1. The molecule has 0 aliphatic rings. The molecule has 0 unspecified atom stereocenters. The van der Waals surface area contributed by atoms with Crippen LogP contribution in [0.3, 0.4) is 0 Å². The van der Waals surface area contributed by atoms with Crippen molar-refractivity contribution in [2.45, 2.75) is 13.5 Å². The Hall–Kier alpha value is -2.63. The molecular formula is C14H16N4O2. The number of hydrogen-bond donors (Lipinski definition) is 2. The molecule has 104 valence electrons. The molecule has 0 aliphatic heterocycles. The summed E-state index contributed by atoms with van der Waals surface area (Å²) in [5.41, 5.74) is 6.97. The first-order valence-electron chi connectivity index (χ1n) is 6.17. The molecule has 3 N–H and O–H groups in total. The van der Waals surface area contributed by atoms with Crippen molar-refractivity contribution in [2.75, 3.05) is 12.3 Å². The Labute approximate surface area is 117 Å². The number of anilines is 1. The van der Waals surface area contributed by atoms with Gasteiger partial charge in [-0.3, -0.25) is 4.79 Å². The molecule has 2 aromatic rings. The molecule has 6 heteroatoms. The minimum atomic E-state index is -0.219. The van der Waals surface area contributed by atoms with E-state index in [1.807, 2.05) is 0 Å². The van der Waals surface area contributed by atoms with E-state index in [1.165, 1.54) is 0 Å². The summed E-state index contributed by atoms with van der Waals surface area (Å²) < 4.78 is 5.34. The minimum Gasteiger partial charge on any atom is -0.484 e. The number of aryl methyl sites for hydroxylation is 1. The Kier molecular flexibility index (Phi) is 4.49. The molecule has 0 bridgehead atoms. The first-order valence-corrected chi connectivity index (χ1v) is 6.17. The van der Waals surface area contributed by atoms with Gasteiger partial charge in [0.25, 0.3) is 5.91 Å². The second-order valence-electron chi connectivity index (χ2n) is 4.23. The van der Waals surface area contributed by atoms with Gasteiger partial charge in [0.05, 0.1) is 12.2 Å². The Morgan fingerprint density at radius 1 is 1.40 bits per heavy atom. The first-order chi connectivity index (χ1) is 9.63. The molecule has 20 heavy (non-hydrogen) atoms. The van der Waals surface area contributed by atoms with Crippen LogP contribution in [0.2, 0.25) is 0 Å².